The van der Waals surface area contributed by atoms with Crippen LogP contribution in [0.2, 0.25) is 0 Å². The summed E-state index contributed by atoms with van der Waals surface area (Å²) in [6.45, 7) is 9.71. The maximum absolute atomic E-state index is 13.1. The van der Waals surface area contributed by atoms with Gasteiger partial charge in [0.2, 0.25) is 0 Å². The molecule has 0 spiro atoms. The van der Waals surface area contributed by atoms with Gasteiger partial charge in [0, 0.05) is 25.7 Å². The second-order valence-electron chi connectivity index (χ2n) is 30.0. The van der Waals surface area contributed by atoms with Crippen LogP contribution in [-0.4, -0.2) is 96.7 Å². The van der Waals surface area contributed by atoms with E-state index < -0.39 is 97.5 Å². The molecule has 0 aromatic rings. The van der Waals surface area contributed by atoms with Crippen LogP contribution in [0.4, 0.5) is 0 Å². The zero-order valence-electron chi connectivity index (χ0n) is 66.2. The number of ether oxygens (including phenoxy) is 4. The summed E-state index contributed by atoms with van der Waals surface area (Å²) in [6, 6.07) is 0. The van der Waals surface area contributed by atoms with Crippen molar-refractivity contribution in [1.82, 2.24) is 0 Å². The molecular formula is C82H160O17P2. The van der Waals surface area contributed by atoms with Gasteiger partial charge < -0.3 is 33.8 Å². The number of carbonyl (C=O) groups excluding carboxylic acids is 4. The first-order valence-electron chi connectivity index (χ1n) is 42.6. The highest BCUT2D eigenvalue weighted by Crippen LogP contribution is 2.45. The molecule has 0 aromatic carbocycles. The van der Waals surface area contributed by atoms with Crippen LogP contribution in [0.3, 0.4) is 0 Å². The number of aliphatic hydroxyl groups excluding tert-OH is 1. The Labute approximate surface area is 619 Å². The number of rotatable bonds is 81. The maximum atomic E-state index is 13.1. The lowest BCUT2D eigenvalue weighted by Crippen LogP contribution is -2.30. The molecule has 0 bridgehead atoms. The van der Waals surface area contributed by atoms with Crippen LogP contribution in [-0.2, 0) is 65.4 Å². The Morgan fingerprint density at radius 1 is 0.277 bits per heavy atom. The maximum Gasteiger partial charge on any atom is 0.472 e. The minimum Gasteiger partial charge on any atom is -0.462 e. The van der Waals surface area contributed by atoms with Crippen LogP contribution >= 0.6 is 15.6 Å². The minimum absolute atomic E-state index is 0.108. The average molecular weight is 1480 g/mol. The van der Waals surface area contributed by atoms with E-state index in [0.717, 1.165) is 115 Å². The van der Waals surface area contributed by atoms with Crippen LogP contribution in [0.15, 0.2) is 0 Å². The lowest BCUT2D eigenvalue weighted by atomic mass is 9.99. The van der Waals surface area contributed by atoms with Gasteiger partial charge in [0.25, 0.3) is 0 Å². The number of aliphatic hydroxyl groups is 1. The van der Waals surface area contributed by atoms with Crippen LogP contribution in [0.25, 0.3) is 0 Å². The SMILES string of the molecule is CCCCCCCCCCCCCCCCCCCCC(=O)O[C@H](COC(=O)CCCCCCCCC)COP(=O)(O)OC[C@H](O)COP(=O)(O)OC[C@@H](COC(=O)CCCCCCCCCCCCCCCCC(C)CC)OC(=O)CCCCCCCCCCCCCCCCC(C)CC. The fourth-order valence-corrected chi connectivity index (χ4v) is 14.2. The summed E-state index contributed by atoms with van der Waals surface area (Å²) in [4.78, 5) is 72.9. The molecule has 3 N–H and O–H groups in total. The second-order valence-corrected chi connectivity index (χ2v) is 32.9. The van der Waals surface area contributed by atoms with Gasteiger partial charge in [0.05, 0.1) is 26.4 Å². The van der Waals surface area contributed by atoms with E-state index in [0.29, 0.717) is 25.7 Å². The first-order valence-corrected chi connectivity index (χ1v) is 45.6. The van der Waals surface area contributed by atoms with E-state index in [1.54, 1.807) is 0 Å². The van der Waals surface area contributed by atoms with E-state index in [9.17, 15) is 43.2 Å². The first-order chi connectivity index (χ1) is 48.9. The van der Waals surface area contributed by atoms with E-state index in [2.05, 4.69) is 41.5 Å². The van der Waals surface area contributed by atoms with Crippen molar-refractivity contribution in [3.05, 3.63) is 0 Å². The second kappa shape index (κ2) is 73.6. The van der Waals surface area contributed by atoms with Crippen molar-refractivity contribution in [2.24, 2.45) is 11.8 Å². The molecule has 19 heteroatoms. The molecule has 0 rings (SSSR count). The van der Waals surface area contributed by atoms with Crippen molar-refractivity contribution in [2.75, 3.05) is 39.6 Å². The summed E-state index contributed by atoms with van der Waals surface area (Å²) in [5, 5.41) is 10.6. The number of carbonyl (C=O) groups is 4. The third-order valence-electron chi connectivity index (χ3n) is 19.9. The molecule has 600 valence electrons. The van der Waals surface area contributed by atoms with Crippen LogP contribution in [0, 0.1) is 11.8 Å². The molecule has 0 aromatic heterocycles. The predicted molar refractivity (Wildman–Crippen MR) is 414 cm³/mol. The summed E-state index contributed by atoms with van der Waals surface area (Å²) in [5.74, 6) is -0.415. The molecule has 0 saturated carbocycles. The Bertz CT molecular complexity index is 1950. The minimum atomic E-state index is -4.96. The van der Waals surface area contributed by atoms with Crippen molar-refractivity contribution in [1.29, 1.82) is 0 Å². The average Bonchev–Trinajstić information content (AvgIpc) is 0.953. The van der Waals surface area contributed by atoms with Gasteiger partial charge in [0.1, 0.15) is 19.3 Å². The van der Waals surface area contributed by atoms with E-state index in [4.69, 9.17) is 37.0 Å². The van der Waals surface area contributed by atoms with Gasteiger partial charge in [-0.1, -0.05) is 382 Å². The summed E-state index contributed by atoms with van der Waals surface area (Å²) < 4.78 is 68.7. The molecule has 0 fully saturated rings. The molecule has 17 nitrogen and oxygen atoms in total. The highest BCUT2D eigenvalue weighted by atomic mass is 31.2. The van der Waals surface area contributed by atoms with E-state index >= 15 is 0 Å². The number of hydrogen-bond acceptors (Lipinski definition) is 15. The summed E-state index contributed by atoms with van der Waals surface area (Å²) in [7, 11) is -9.92. The Kier molecular flexibility index (Phi) is 72.2. The van der Waals surface area contributed by atoms with Crippen molar-refractivity contribution >= 4 is 39.5 Å². The highest BCUT2D eigenvalue weighted by Gasteiger charge is 2.30. The normalized spacial score (nSPS) is 14.4. The zero-order valence-corrected chi connectivity index (χ0v) is 68.0. The summed E-state index contributed by atoms with van der Waals surface area (Å²) in [5.41, 5.74) is 0. The van der Waals surface area contributed by atoms with Crippen molar-refractivity contribution in [3.63, 3.8) is 0 Å². The largest absolute Gasteiger partial charge is 0.472 e. The molecule has 0 saturated heterocycles. The Hall–Kier alpha value is -1.94. The fourth-order valence-electron chi connectivity index (χ4n) is 12.6. The molecule has 0 radical (unpaired) electrons. The van der Waals surface area contributed by atoms with Gasteiger partial charge >= 0.3 is 39.5 Å². The quantitative estimate of drug-likeness (QED) is 0.0222. The van der Waals surface area contributed by atoms with Gasteiger partial charge in [-0.3, -0.25) is 37.3 Å². The van der Waals surface area contributed by atoms with Crippen molar-refractivity contribution < 1.29 is 80.2 Å². The molecular weight excluding hydrogens is 1320 g/mol. The van der Waals surface area contributed by atoms with Gasteiger partial charge in [-0.15, -0.1) is 0 Å². The lowest BCUT2D eigenvalue weighted by molar-refractivity contribution is -0.161. The van der Waals surface area contributed by atoms with Gasteiger partial charge in [-0.05, 0) is 37.5 Å². The fraction of sp³-hybridized carbons (Fsp3) is 0.951. The first kappa shape index (κ1) is 99.1. The van der Waals surface area contributed by atoms with Crippen LogP contribution < -0.4 is 0 Å². The van der Waals surface area contributed by atoms with Crippen LogP contribution in [0.5, 0.6) is 0 Å². The smallest absolute Gasteiger partial charge is 0.462 e. The van der Waals surface area contributed by atoms with Gasteiger partial charge in [0.15, 0.2) is 12.2 Å². The molecule has 7 atom stereocenters. The molecule has 0 amide bonds. The number of esters is 4. The van der Waals surface area contributed by atoms with Gasteiger partial charge in [-0.2, -0.15) is 0 Å². The Morgan fingerprint density at radius 2 is 0.475 bits per heavy atom. The number of phosphoric acid groups is 2. The Morgan fingerprint density at radius 3 is 0.703 bits per heavy atom. The van der Waals surface area contributed by atoms with Crippen molar-refractivity contribution in [2.45, 2.75) is 452 Å². The summed E-state index contributed by atoms with van der Waals surface area (Å²) >= 11 is 0. The molecule has 101 heavy (non-hydrogen) atoms. The molecule has 0 aliphatic carbocycles. The van der Waals surface area contributed by atoms with E-state index in [1.807, 2.05) is 0 Å². The molecule has 4 unspecified atom stereocenters. The van der Waals surface area contributed by atoms with Crippen molar-refractivity contribution in [3.8, 4) is 0 Å². The highest BCUT2D eigenvalue weighted by molar-refractivity contribution is 7.47. The predicted octanol–water partition coefficient (Wildman–Crippen LogP) is 24.7. The monoisotopic (exact) mass is 1480 g/mol. The number of hydrogen-bond donors (Lipinski definition) is 3. The lowest BCUT2D eigenvalue weighted by Gasteiger charge is -2.21. The number of phosphoric ester groups is 2. The Balaban J connectivity index is 5.18. The third-order valence-corrected chi connectivity index (χ3v) is 21.8. The summed E-state index contributed by atoms with van der Waals surface area (Å²) in [6.07, 6.45) is 63.8. The zero-order chi connectivity index (χ0) is 74.2. The number of unbranched alkanes of at least 4 members (excludes halogenated alkanes) is 49. The molecule has 0 heterocycles. The topological polar surface area (TPSA) is 237 Å². The van der Waals surface area contributed by atoms with Crippen LogP contribution in [0.1, 0.15) is 433 Å². The van der Waals surface area contributed by atoms with Gasteiger partial charge in [-0.25, -0.2) is 9.13 Å². The molecule has 0 aliphatic heterocycles. The van der Waals surface area contributed by atoms with E-state index in [1.165, 1.54) is 238 Å². The third kappa shape index (κ3) is 73.4. The standard InChI is InChI=1S/C82H160O17P2/c1-7-11-13-15-17-18-19-20-21-22-23-24-32-37-42-48-54-60-66-81(86)98-77(70-92-79(84)64-58-52-44-16-14-12-8-2)72-96-100(88,89)94-68-76(83)69-95-101(90,91)97-73-78(99-82(87)67-61-55-49-43-38-33-28-26-30-35-40-46-51-57-63-75(6)10-4)71-93-80(85)65-59-53-47-41-36-31-27-25-29-34-39-45-50-56-62-74(5)9-3/h74-78,83H,7-73H2,1-6H3,(H,88,89)(H,90,91)/t74?,75?,76-,77+,78+/m0/s1. The molecule has 0 aliphatic rings. The van der Waals surface area contributed by atoms with E-state index in [-0.39, 0.29) is 25.7 Å².